The highest BCUT2D eigenvalue weighted by atomic mass is 16.2. The first kappa shape index (κ1) is 14.1. The fourth-order valence-electron chi connectivity index (χ4n) is 3.86. The minimum atomic E-state index is -0.292. The summed E-state index contributed by atoms with van der Waals surface area (Å²) >= 11 is 0. The van der Waals surface area contributed by atoms with Gasteiger partial charge in [-0.3, -0.25) is 14.5 Å². The van der Waals surface area contributed by atoms with Gasteiger partial charge in [0.2, 0.25) is 11.8 Å². The fraction of sp³-hybridized carbons (Fsp3) is 0.875. The summed E-state index contributed by atoms with van der Waals surface area (Å²) in [6.07, 6.45) is 8.35. The molecule has 3 rings (SSSR count). The highest BCUT2D eigenvalue weighted by Crippen LogP contribution is 2.40. The summed E-state index contributed by atoms with van der Waals surface area (Å²) in [5.41, 5.74) is -0.0246. The Bertz CT molecular complexity index is 409. The van der Waals surface area contributed by atoms with Crippen LogP contribution in [-0.2, 0) is 9.59 Å². The molecule has 1 saturated heterocycles. The van der Waals surface area contributed by atoms with Crippen molar-refractivity contribution in [2.45, 2.75) is 82.8 Å². The zero-order valence-electron chi connectivity index (χ0n) is 12.7. The van der Waals surface area contributed by atoms with E-state index >= 15 is 0 Å². The van der Waals surface area contributed by atoms with Gasteiger partial charge in [-0.1, -0.05) is 19.3 Å². The number of nitrogens with one attached hydrogen (secondary N) is 1. The van der Waals surface area contributed by atoms with E-state index in [4.69, 9.17) is 0 Å². The van der Waals surface area contributed by atoms with Crippen LogP contribution in [0.4, 0.5) is 0 Å². The summed E-state index contributed by atoms with van der Waals surface area (Å²) < 4.78 is 0. The van der Waals surface area contributed by atoms with E-state index in [1.807, 2.05) is 0 Å². The normalized spacial score (nSPS) is 29.3. The minimum absolute atomic E-state index is 0.0237. The van der Waals surface area contributed by atoms with Gasteiger partial charge in [-0.2, -0.15) is 0 Å². The largest absolute Gasteiger partial charge is 0.300 e. The average Bonchev–Trinajstić information content (AvgIpc) is 3.20. The molecular formula is C16H26N2O2. The van der Waals surface area contributed by atoms with E-state index in [9.17, 15) is 9.59 Å². The predicted molar refractivity (Wildman–Crippen MR) is 77.1 cm³/mol. The third-order valence-electron chi connectivity index (χ3n) is 5.27. The molecule has 0 radical (unpaired) electrons. The van der Waals surface area contributed by atoms with Crippen molar-refractivity contribution < 1.29 is 9.59 Å². The topological polar surface area (TPSA) is 49.4 Å². The van der Waals surface area contributed by atoms with E-state index in [-0.39, 0.29) is 29.4 Å². The van der Waals surface area contributed by atoms with Crippen LogP contribution in [0, 0.1) is 5.92 Å². The number of carbonyl (C=O) groups excluding carboxylic acids is 2. The van der Waals surface area contributed by atoms with Gasteiger partial charge in [-0.15, -0.1) is 0 Å². The maximum atomic E-state index is 12.6. The molecule has 2 saturated carbocycles. The Balaban J connectivity index is 1.66. The molecule has 2 amide bonds. The summed E-state index contributed by atoms with van der Waals surface area (Å²) in [6.45, 7) is 4.32. The van der Waals surface area contributed by atoms with Crippen LogP contribution in [0.3, 0.4) is 0 Å². The van der Waals surface area contributed by atoms with Crippen molar-refractivity contribution in [1.82, 2.24) is 10.2 Å². The first-order chi connectivity index (χ1) is 9.49. The van der Waals surface area contributed by atoms with Crippen molar-refractivity contribution in [2.24, 2.45) is 5.92 Å². The highest BCUT2D eigenvalue weighted by molar-refractivity contribution is 6.05. The molecule has 112 valence electrons. The van der Waals surface area contributed by atoms with Crippen molar-refractivity contribution >= 4 is 11.8 Å². The summed E-state index contributed by atoms with van der Waals surface area (Å²) in [5.74, 6) is 0.718. The number of likely N-dealkylation sites (tertiary alicyclic amines) is 1. The predicted octanol–water partition coefficient (Wildman–Crippen LogP) is 2.22. The van der Waals surface area contributed by atoms with Crippen LogP contribution in [0.25, 0.3) is 0 Å². The molecule has 0 aromatic carbocycles. The molecule has 1 unspecified atom stereocenters. The lowest BCUT2D eigenvalue weighted by molar-refractivity contribution is -0.142. The van der Waals surface area contributed by atoms with Crippen molar-refractivity contribution in [1.29, 1.82) is 0 Å². The van der Waals surface area contributed by atoms with E-state index in [0.29, 0.717) is 12.3 Å². The zero-order valence-corrected chi connectivity index (χ0v) is 12.7. The number of amides is 2. The Morgan fingerprint density at radius 1 is 1.05 bits per heavy atom. The Morgan fingerprint density at radius 2 is 1.70 bits per heavy atom. The Labute approximate surface area is 121 Å². The molecule has 1 atom stereocenters. The minimum Gasteiger partial charge on any atom is -0.300 e. The Kier molecular flexibility index (Phi) is 3.61. The van der Waals surface area contributed by atoms with Gasteiger partial charge in [-0.05, 0) is 45.4 Å². The SMILES string of the molecule is CC(C)(NC1CC(=O)N(C2CCCCC2)C1=O)C1CC1. The van der Waals surface area contributed by atoms with E-state index < -0.39 is 0 Å². The van der Waals surface area contributed by atoms with Crippen molar-refractivity contribution in [3.63, 3.8) is 0 Å². The van der Waals surface area contributed by atoms with Gasteiger partial charge >= 0.3 is 0 Å². The second-order valence-corrected chi connectivity index (χ2v) is 7.29. The molecule has 0 bridgehead atoms. The van der Waals surface area contributed by atoms with E-state index in [2.05, 4.69) is 19.2 Å². The molecule has 1 N–H and O–H groups in total. The molecule has 4 nitrogen and oxygen atoms in total. The number of carbonyl (C=O) groups is 2. The number of hydrogen-bond acceptors (Lipinski definition) is 3. The first-order valence-electron chi connectivity index (χ1n) is 8.12. The second kappa shape index (κ2) is 5.14. The molecule has 0 spiro atoms. The van der Waals surface area contributed by atoms with Gasteiger partial charge in [0, 0.05) is 11.6 Å². The van der Waals surface area contributed by atoms with Gasteiger partial charge in [-0.25, -0.2) is 0 Å². The molecule has 4 heteroatoms. The van der Waals surface area contributed by atoms with Gasteiger partial charge in [0.25, 0.3) is 0 Å². The van der Waals surface area contributed by atoms with E-state index in [1.54, 1.807) is 4.90 Å². The second-order valence-electron chi connectivity index (χ2n) is 7.29. The summed E-state index contributed by atoms with van der Waals surface area (Å²) in [4.78, 5) is 26.4. The smallest absolute Gasteiger partial charge is 0.247 e. The molecule has 3 fully saturated rings. The van der Waals surface area contributed by atoms with Crippen LogP contribution < -0.4 is 5.32 Å². The lowest BCUT2D eigenvalue weighted by Crippen LogP contribution is -2.52. The number of nitrogens with zero attached hydrogens (tertiary/aromatic N) is 1. The number of rotatable bonds is 4. The van der Waals surface area contributed by atoms with Crippen LogP contribution in [0.2, 0.25) is 0 Å². The molecule has 0 aromatic heterocycles. The molecular weight excluding hydrogens is 252 g/mol. The van der Waals surface area contributed by atoms with Crippen molar-refractivity contribution in [3.8, 4) is 0 Å². The number of hydrogen-bond donors (Lipinski definition) is 1. The maximum Gasteiger partial charge on any atom is 0.247 e. The Hall–Kier alpha value is -0.900. The quantitative estimate of drug-likeness (QED) is 0.802. The highest BCUT2D eigenvalue weighted by Gasteiger charge is 2.46. The standard InChI is InChI=1S/C16H26N2O2/c1-16(2,11-8-9-11)17-13-10-14(19)18(15(13)20)12-6-4-3-5-7-12/h11-13,17H,3-10H2,1-2H3. The van der Waals surface area contributed by atoms with Crippen LogP contribution in [0.15, 0.2) is 0 Å². The first-order valence-corrected chi connectivity index (χ1v) is 8.12. The van der Waals surface area contributed by atoms with Gasteiger partial charge in [0.05, 0.1) is 12.5 Å². The van der Waals surface area contributed by atoms with Crippen molar-refractivity contribution in [2.75, 3.05) is 0 Å². The summed E-state index contributed by atoms with van der Waals surface area (Å²) in [5, 5.41) is 3.45. The van der Waals surface area contributed by atoms with Crippen LogP contribution in [0.1, 0.15) is 65.2 Å². The van der Waals surface area contributed by atoms with Crippen LogP contribution in [0.5, 0.6) is 0 Å². The molecule has 20 heavy (non-hydrogen) atoms. The van der Waals surface area contributed by atoms with Crippen LogP contribution in [-0.4, -0.2) is 34.3 Å². The van der Waals surface area contributed by atoms with Crippen molar-refractivity contribution in [3.05, 3.63) is 0 Å². The maximum absolute atomic E-state index is 12.6. The lowest BCUT2D eigenvalue weighted by atomic mass is 9.94. The fourth-order valence-corrected chi connectivity index (χ4v) is 3.86. The number of imide groups is 1. The third-order valence-corrected chi connectivity index (χ3v) is 5.27. The Morgan fingerprint density at radius 3 is 2.30 bits per heavy atom. The molecule has 0 aromatic rings. The molecule has 3 aliphatic rings. The zero-order chi connectivity index (χ0) is 14.3. The molecule has 1 aliphatic heterocycles. The summed E-state index contributed by atoms with van der Waals surface area (Å²) in [7, 11) is 0. The van der Waals surface area contributed by atoms with E-state index in [1.165, 1.54) is 19.3 Å². The lowest BCUT2D eigenvalue weighted by Gasteiger charge is -2.32. The summed E-state index contributed by atoms with van der Waals surface area (Å²) in [6, 6.07) is -0.125. The van der Waals surface area contributed by atoms with Crippen LogP contribution >= 0.6 is 0 Å². The monoisotopic (exact) mass is 278 g/mol. The molecule has 2 aliphatic carbocycles. The van der Waals surface area contributed by atoms with Gasteiger partial charge in [0.15, 0.2) is 0 Å². The van der Waals surface area contributed by atoms with E-state index in [0.717, 1.165) is 25.7 Å². The van der Waals surface area contributed by atoms with Gasteiger partial charge in [0.1, 0.15) is 0 Å². The third kappa shape index (κ3) is 2.62. The van der Waals surface area contributed by atoms with Gasteiger partial charge < -0.3 is 5.32 Å². The average molecular weight is 278 g/mol. The molecule has 1 heterocycles.